The zero-order chi connectivity index (χ0) is 22.1. The number of rotatable bonds is 11. The molecule has 4 nitrogen and oxygen atoms in total. The first-order chi connectivity index (χ1) is 15.1. The molecule has 0 aliphatic rings. The van der Waals surface area contributed by atoms with Crippen LogP contribution in [-0.4, -0.2) is 28.5 Å². The molecule has 0 saturated carbocycles. The fourth-order valence-corrected chi connectivity index (χ4v) is 3.54. The standard InChI is InChI=1S/C27H32N2O2/c1-4-6-18-31-26-14-12-24(13-15-26)27(30)29(16-5-2)21-25-11-8-17-28(25)20-23-10-7-9-22(3)19-23/h5,7-15,17,19H,2,4,6,16,18,20-21H2,1,3H3. The number of ether oxygens (including phenoxy) is 1. The molecule has 0 saturated heterocycles. The molecule has 0 radical (unpaired) electrons. The van der Waals surface area contributed by atoms with Crippen LogP contribution in [0.3, 0.4) is 0 Å². The average Bonchev–Trinajstić information content (AvgIpc) is 3.20. The van der Waals surface area contributed by atoms with Gasteiger partial charge in [-0.2, -0.15) is 0 Å². The summed E-state index contributed by atoms with van der Waals surface area (Å²) in [5, 5.41) is 0. The van der Waals surface area contributed by atoms with Gasteiger partial charge in [-0.3, -0.25) is 4.79 Å². The van der Waals surface area contributed by atoms with Gasteiger partial charge in [-0.1, -0.05) is 49.2 Å². The Morgan fingerprint density at radius 3 is 2.65 bits per heavy atom. The van der Waals surface area contributed by atoms with E-state index in [1.54, 1.807) is 6.08 Å². The predicted octanol–water partition coefficient (Wildman–Crippen LogP) is 5.85. The van der Waals surface area contributed by atoms with Crippen LogP contribution in [0.2, 0.25) is 0 Å². The molecule has 0 unspecified atom stereocenters. The maximum Gasteiger partial charge on any atom is 0.254 e. The van der Waals surface area contributed by atoms with E-state index in [4.69, 9.17) is 4.74 Å². The first-order valence-electron chi connectivity index (χ1n) is 10.9. The zero-order valence-electron chi connectivity index (χ0n) is 18.6. The van der Waals surface area contributed by atoms with Crippen molar-refractivity contribution >= 4 is 5.91 Å². The van der Waals surface area contributed by atoms with Crippen LogP contribution in [0.25, 0.3) is 0 Å². The average molecular weight is 417 g/mol. The molecule has 3 rings (SSSR count). The van der Waals surface area contributed by atoms with Gasteiger partial charge in [0.15, 0.2) is 0 Å². The van der Waals surface area contributed by atoms with Crippen LogP contribution in [0.4, 0.5) is 0 Å². The van der Waals surface area contributed by atoms with Crippen molar-refractivity contribution in [3.8, 4) is 5.75 Å². The van der Waals surface area contributed by atoms with Crippen molar-refractivity contribution < 1.29 is 9.53 Å². The van der Waals surface area contributed by atoms with E-state index >= 15 is 0 Å². The molecule has 0 bridgehead atoms. The topological polar surface area (TPSA) is 34.5 Å². The van der Waals surface area contributed by atoms with Gasteiger partial charge in [0.2, 0.25) is 0 Å². The summed E-state index contributed by atoms with van der Waals surface area (Å²) in [6.45, 7) is 10.6. The highest BCUT2D eigenvalue weighted by molar-refractivity contribution is 5.94. The summed E-state index contributed by atoms with van der Waals surface area (Å²) >= 11 is 0. The van der Waals surface area contributed by atoms with Crippen molar-refractivity contribution in [2.75, 3.05) is 13.2 Å². The molecule has 1 amide bonds. The van der Waals surface area contributed by atoms with E-state index in [1.807, 2.05) is 35.2 Å². The molecule has 3 aromatic rings. The Bertz CT molecular complexity index is 988. The molecule has 1 aromatic heterocycles. The number of aromatic nitrogens is 1. The van der Waals surface area contributed by atoms with Crippen molar-refractivity contribution in [3.05, 3.63) is 102 Å². The lowest BCUT2D eigenvalue weighted by atomic mass is 10.1. The van der Waals surface area contributed by atoms with Crippen LogP contribution in [0, 0.1) is 6.92 Å². The van der Waals surface area contributed by atoms with Gasteiger partial charge in [0, 0.05) is 30.5 Å². The van der Waals surface area contributed by atoms with Crippen molar-refractivity contribution in [1.29, 1.82) is 0 Å². The third-order valence-corrected chi connectivity index (χ3v) is 5.22. The molecule has 162 valence electrons. The number of carbonyl (C=O) groups excluding carboxylic acids is 1. The van der Waals surface area contributed by atoms with E-state index in [0.29, 0.717) is 25.3 Å². The molecule has 0 N–H and O–H groups in total. The van der Waals surface area contributed by atoms with Gasteiger partial charge in [0.1, 0.15) is 5.75 Å². The second-order valence-electron chi connectivity index (χ2n) is 7.82. The molecule has 4 heteroatoms. The van der Waals surface area contributed by atoms with Crippen molar-refractivity contribution in [2.24, 2.45) is 0 Å². The van der Waals surface area contributed by atoms with Crippen LogP contribution < -0.4 is 4.74 Å². The van der Waals surface area contributed by atoms with Gasteiger partial charge in [-0.25, -0.2) is 0 Å². The number of nitrogens with zero attached hydrogens (tertiary/aromatic N) is 2. The Hall–Kier alpha value is -3.27. The van der Waals surface area contributed by atoms with E-state index in [-0.39, 0.29) is 5.91 Å². The highest BCUT2D eigenvalue weighted by atomic mass is 16.5. The second kappa shape index (κ2) is 11.2. The van der Waals surface area contributed by atoms with Crippen LogP contribution in [0.1, 0.15) is 46.9 Å². The number of benzene rings is 2. The van der Waals surface area contributed by atoms with E-state index < -0.39 is 0 Å². The molecular formula is C27H32N2O2. The summed E-state index contributed by atoms with van der Waals surface area (Å²) in [5.74, 6) is 0.788. The second-order valence-corrected chi connectivity index (χ2v) is 7.82. The third-order valence-electron chi connectivity index (χ3n) is 5.22. The molecule has 31 heavy (non-hydrogen) atoms. The van der Waals surface area contributed by atoms with E-state index in [9.17, 15) is 4.79 Å². The molecule has 0 atom stereocenters. The van der Waals surface area contributed by atoms with Crippen molar-refractivity contribution in [1.82, 2.24) is 9.47 Å². The molecular weight excluding hydrogens is 384 g/mol. The Morgan fingerprint density at radius 2 is 1.94 bits per heavy atom. The van der Waals surface area contributed by atoms with Gasteiger partial charge >= 0.3 is 0 Å². The fourth-order valence-electron chi connectivity index (χ4n) is 3.54. The minimum Gasteiger partial charge on any atom is -0.494 e. The quantitative estimate of drug-likeness (QED) is 0.290. The molecule has 0 fully saturated rings. The highest BCUT2D eigenvalue weighted by Crippen LogP contribution is 2.17. The van der Waals surface area contributed by atoms with Gasteiger partial charge < -0.3 is 14.2 Å². The number of carbonyl (C=O) groups is 1. The zero-order valence-corrected chi connectivity index (χ0v) is 18.6. The van der Waals surface area contributed by atoms with E-state index in [2.05, 4.69) is 61.5 Å². The summed E-state index contributed by atoms with van der Waals surface area (Å²) in [6.07, 6.45) is 5.96. The number of unbranched alkanes of at least 4 members (excludes halogenated alkanes) is 1. The highest BCUT2D eigenvalue weighted by Gasteiger charge is 2.17. The smallest absolute Gasteiger partial charge is 0.254 e. The lowest BCUT2D eigenvalue weighted by molar-refractivity contribution is 0.0759. The first-order valence-corrected chi connectivity index (χ1v) is 10.9. The maximum atomic E-state index is 13.2. The molecule has 0 aliphatic heterocycles. The van der Waals surface area contributed by atoms with E-state index in [0.717, 1.165) is 30.8 Å². The summed E-state index contributed by atoms with van der Waals surface area (Å²) in [4.78, 5) is 15.0. The monoisotopic (exact) mass is 416 g/mol. The Morgan fingerprint density at radius 1 is 1.13 bits per heavy atom. The predicted molar refractivity (Wildman–Crippen MR) is 126 cm³/mol. The molecule has 2 aromatic carbocycles. The van der Waals surface area contributed by atoms with Crippen LogP contribution in [0.5, 0.6) is 5.75 Å². The number of aryl methyl sites for hydroxylation is 1. The third kappa shape index (κ3) is 6.35. The Labute approximate surface area is 185 Å². The minimum atomic E-state index is -0.0108. The summed E-state index contributed by atoms with van der Waals surface area (Å²) in [5.41, 5.74) is 4.24. The number of hydrogen-bond acceptors (Lipinski definition) is 2. The Balaban J connectivity index is 1.70. The van der Waals surface area contributed by atoms with Crippen LogP contribution in [0.15, 0.2) is 79.5 Å². The molecule has 1 heterocycles. The van der Waals surface area contributed by atoms with Gasteiger partial charge in [-0.05, 0) is 55.3 Å². The fraction of sp³-hybridized carbons (Fsp3) is 0.296. The lowest BCUT2D eigenvalue weighted by Gasteiger charge is -2.22. The van der Waals surface area contributed by atoms with Gasteiger partial charge in [0.25, 0.3) is 5.91 Å². The summed E-state index contributed by atoms with van der Waals surface area (Å²) in [6, 6.07) is 20.0. The van der Waals surface area contributed by atoms with Gasteiger partial charge in [-0.15, -0.1) is 6.58 Å². The lowest BCUT2D eigenvalue weighted by Crippen LogP contribution is -2.31. The van der Waals surface area contributed by atoms with Crippen molar-refractivity contribution in [3.63, 3.8) is 0 Å². The van der Waals surface area contributed by atoms with Crippen molar-refractivity contribution in [2.45, 2.75) is 39.8 Å². The van der Waals surface area contributed by atoms with Gasteiger partial charge in [0.05, 0.1) is 13.2 Å². The summed E-state index contributed by atoms with van der Waals surface area (Å²) < 4.78 is 7.91. The van der Waals surface area contributed by atoms with Crippen LogP contribution in [-0.2, 0) is 13.1 Å². The Kier molecular flexibility index (Phi) is 8.11. The molecule has 0 aliphatic carbocycles. The normalized spacial score (nSPS) is 10.6. The number of amides is 1. The van der Waals surface area contributed by atoms with Crippen LogP contribution >= 0.6 is 0 Å². The summed E-state index contributed by atoms with van der Waals surface area (Å²) in [7, 11) is 0. The number of hydrogen-bond donors (Lipinski definition) is 0. The maximum absolute atomic E-state index is 13.2. The SMILES string of the molecule is C=CCN(Cc1cccn1Cc1cccc(C)c1)C(=O)c1ccc(OCCCC)cc1. The molecule has 0 spiro atoms. The largest absolute Gasteiger partial charge is 0.494 e. The van der Waals surface area contributed by atoms with E-state index in [1.165, 1.54) is 11.1 Å². The minimum absolute atomic E-state index is 0.0108. The first kappa shape index (κ1) is 22.4.